The van der Waals surface area contributed by atoms with Crippen molar-refractivity contribution in [3.8, 4) is 0 Å². The molecule has 2 nitrogen and oxygen atoms in total. The molecule has 15 heavy (non-hydrogen) atoms. The van der Waals surface area contributed by atoms with Crippen LogP contribution in [0.2, 0.25) is 0 Å². The normalized spacial score (nSPS) is 20.0. The van der Waals surface area contributed by atoms with Crippen LogP contribution in [0.5, 0.6) is 0 Å². The van der Waals surface area contributed by atoms with Gasteiger partial charge in [0.05, 0.1) is 11.2 Å². The van der Waals surface area contributed by atoms with Gasteiger partial charge in [-0.2, -0.15) is 0 Å². The Morgan fingerprint density at radius 1 is 1.20 bits per heavy atom. The summed E-state index contributed by atoms with van der Waals surface area (Å²) in [7, 11) is 0. The van der Waals surface area contributed by atoms with E-state index in [1.807, 2.05) is 0 Å². The summed E-state index contributed by atoms with van der Waals surface area (Å²) in [5, 5.41) is 3.46. The Morgan fingerprint density at radius 2 is 1.87 bits per heavy atom. The Hall–Kier alpha value is -0.0800. The highest BCUT2D eigenvalue weighted by Gasteiger charge is 2.40. The summed E-state index contributed by atoms with van der Waals surface area (Å²) in [6, 6.07) is 0. The highest BCUT2D eigenvalue weighted by atomic mass is 16.5. The lowest BCUT2D eigenvalue weighted by atomic mass is 9.77. The first-order valence-corrected chi connectivity index (χ1v) is 6.38. The fourth-order valence-corrected chi connectivity index (χ4v) is 2.24. The van der Waals surface area contributed by atoms with E-state index >= 15 is 0 Å². The first kappa shape index (κ1) is 13.0. The summed E-state index contributed by atoms with van der Waals surface area (Å²) in [4.78, 5) is 0. The molecular weight excluding hydrogens is 186 g/mol. The average Bonchev–Trinajstić information content (AvgIpc) is 2.06. The minimum Gasteiger partial charge on any atom is -0.369 e. The topological polar surface area (TPSA) is 21.3 Å². The summed E-state index contributed by atoms with van der Waals surface area (Å²) in [6.07, 6.45) is 6.22. The lowest BCUT2D eigenvalue weighted by molar-refractivity contribution is -0.173. The molecular formula is C13H27NO. The van der Waals surface area contributed by atoms with Crippen molar-refractivity contribution < 1.29 is 4.74 Å². The number of nitrogens with one attached hydrogen (secondary N) is 1. The van der Waals surface area contributed by atoms with E-state index in [1.54, 1.807) is 0 Å². The van der Waals surface area contributed by atoms with E-state index in [9.17, 15) is 0 Å². The Balaban J connectivity index is 2.27. The lowest BCUT2D eigenvalue weighted by Crippen LogP contribution is -2.47. The molecule has 0 aromatic heterocycles. The van der Waals surface area contributed by atoms with Crippen molar-refractivity contribution in [3.05, 3.63) is 0 Å². The minimum atomic E-state index is 0.00514. The Morgan fingerprint density at radius 3 is 2.27 bits per heavy atom. The molecule has 0 bridgehead atoms. The summed E-state index contributed by atoms with van der Waals surface area (Å²) < 4.78 is 6.20. The quantitative estimate of drug-likeness (QED) is 0.685. The molecule has 1 aliphatic rings. The molecule has 1 aliphatic carbocycles. The summed E-state index contributed by atoms with van der Waals surface area (Å²) in [5.74, 6) is 0. The standard InChI is InChI=1S/C13H27NO/c1-5-10-14-11-9-13(7-6-8-13)15-12(2,3)4/h14H,5-11H2,1-4H3. The molecule has 0 aromatic carbocycles. The van der Waals surface area contributed by atoms with Crippen LogP contribution in [-0.4, -0.2) is 24.3 Å². The molecule has 0 aliphatic heterocycles. The van der Waals surface area contributed by atoms with Crippen molar-refractivity contribution in [1.29, 1.82) is 0 Å². The van der Waals surface area contributed by atoms with Crippen LogP contribution in [0.15, 0.2) is 0 Å². The van der Waals surface area contributed by atoms with Crippen LogP contribution in [0.3, 0.4) is 0 Å². The SMILES string of the molecule is CCCNCCC1(OC(C)(C)C)CCC1. The second-order valence-electron chi connectivity index (χ2n) is 5.75. The van der Waals surface area contributed by atoms with Gasteiger partial charge in [0, 0.05) is 0 Å². The number of ether oxygens (including phenoxy) is 1. The number of hydrogen-bond donors (Lipinski definition) is 1. The van der Waals surface area contributed by atoms with E-state index in [0.717, 1.165) is 13.1 Å². The zero-order valence-electron chi connectivity index (χ0n) is 10.9. The molecule has 0 heterocycles. The molecule has 0 aromatic rings. The first-order chi connectivity index (χ1) is 6.97. The first-order valence-electron chi connectivity index (χ1n) is 6.38. The van der Waals surface area contributed by atoms with Gasteiger partial charge in [-0.25, -0.2) is 0 Å². The fraction of sp³-hybridized carbons (Fsp3) is 1.00. The molecule has 2 heteroatoms. The molecule has 1 N–H and O–H groups in total. The predicted octanol–water partition coefficient (Wildman–Crippen LogP) is 3.11. The third-order valence-corrected chi connectivity index (χ3v) is 2.97. The van der Waals surface area contributed by atoms with E-state index in [0.29, 0.717) is 0 Å². The van der Waals surface area contributed by atoms with E-state index in [-0.39, 0.29) is 11.2 Å². The summed E-state index contributed by atoms with van der Waals surface area (Å²) in [5.41, 5.74) is 0.199. The molecule has 0 radical (unpaired) electrons. The van der Waals surface area contributed by atoms with Crippen molar-refractivity contribution in [1.82, 2.24) is 5.32 Å². The summed E-state index contributed by atoms with van der Waals surface area (Å²) in [6.45, 7) is 10.9. The minimum absolute atomic E-state index is 0.00514. The van der Waals surface area contributed by atoms with Crippen LogP contribution in [0.25, 0.3) is 0 Å². The van der Waals surface area contributed by atoms with Gasteiger partial charge in [0.1, 0.15) is 0 Å². The molecule has 0 amide bonds. The third-order valence-electron chi connectivity index (χ3n) is 2.97. The van der Waals surface area contributed by atoms with Gasteiger partial charge in [-0.3, -0.25) is 0 Å². The number of rotatable bonds is 6. The molecule has 1 rings (SSSR count). The molecule has 0 saturated heterocycles. The van der Waals surface area contributed by atoms with Crippen molar-refractivity contribution in [2.45, 2.75) is 71.0 Å². The Kier molecular flexibility index (Phi) is 4.60. The van der Waals surface area contributed by atoms with Gasteiger partial charge >= 0.3 is 0 Å². The van der Waals surface area contributed by atoms with E-state index < -0.39 is 0 Å². The zero-order chi connectivity index (χ0) is 11.4. The summed E-state index contributed by atoms with van der Waals surface area (Å²) >= 11 is 0. The average molecular weight is 213 g/mol. The predicted molar refractivity (Wildman–Crippen MR) is 65.2 cm³/mol. The van der Waals surface area contributed by atoms with Crippen molar-refractivity contribution in [2.75, 3.05) is 13.1 Å². The van der Waals surface area contributed by atoms with Gasteiger partial charge in [0.15, 0.2) is 0 Å². The Bertz CT molecular complexity index is 179. The van der Waals surface area contributed by atoms with Gasteiger partial charge in [-0.15, -0.1) is 0 Å². The lowest BCUT2D eigenvalue weighted by Gasteiger charge is -2.46. The molecule has 0 spiro atoms. The van der Waals surface area contributed by atoms with Gasteiger partial charge in [-0.05, 0) is 66.0 Å². The maximum Gasteiger partial charge on any atom is 0.0701 e. The zero-order valence-corrected chi connectivity index (χ0v) is 10.9. The molecule has 0 atom stereocenters. The van der Waals surface area contributed by atoms with Crippen molar-refractivity contribution in [3.63, 3.8) is 0 Å². The van der Waals surface area contributed by atoms with Gasteiger partial charge < -0.3 is 10.1 Å². The maximum atomic E-state index is 6.20. The fourth-order valence-electron chi connectivity index (χ4n) is 2.24. The van der Waals surface area contributed by atoms with Crippen LogP contribution < -0.4 is 5.32 Å². The molecule has 1 fully saturated rings. The van der Waals surface area contributed by atoms with Crippen LogP contribution in [-0.2, 0) is 4.74 Å². The van der Waals surface area contributed by atoms with Gasteiger partial charge in [0.2, 0.25) is 0 Å². The second-order valence-corrected chi connectivity index (χ2v) is 5.75. The van der Waals surface area contributed by atoms with Gasteiger partial charge in [0.25, 0.3) is 0 Å². The molecule has 1 saturated carbocycles. The van der Waals surface area contributed by atoms with Crippen LogP contribution in [0.4, 0.5) is 0 Å². The third kappa shape index (κ3) is 4.52. The van der Waals surface area contributed by atoms with Gasteiger partial charge in [-0.1, -0.05) is 6.92 Å². The second kappa shape index (κ2) is 5.31. The van der Waals surface area contributed by atoms with Crippen LogP contribution in [0.1, 0.15) is 59.8 Å². The van der Waals surface area contributed by atoms with Crippen molar-refractivity contribution in [2.24, 2.45) is 0 Å². The molecule has 90 valence electrons. The van der Waals surface area contributed by atoms with Crippen LogP contribution >= 0.6 is 0 Å². The smallest absolute Gasteiger partial charge is 0.0701 e. The maximum absolute atomic E-state index is 6.20. The van der Waals surface area contributed by atoms with E-state index in [4.69, 9.17) is 4.74 Å². The van der Waals surface area contributed by atoms with E-state index in [1.165, 1.54) is 32.1 Å². The van der Waals surface area contributed by atoms with Crippen molar-refractivity contribution >= 4 is 0 Å². The Labute approximate surface area is 94.8 Å². The highest BCUT2D eigenvalue weighted by Crippen LogP contribution is 2.41. The van der Waals surface area contributed by atoms with E-state index in [2.05, 4.69) is 33.0 Å². The highest BCUT2D eigenvalue weighted by molar-refractivity contribution is 4.92. The van der Waals surface area contributed by atoms with Crippen LogP contribution in [0, 0.1) is 0 Å². The monoisotopic (exact) mass is 213 g/mol. The number of hydrogen-bond acceptors (Lipinski definition) is 2. The largest absolute Gasteiger partial charge is 0.369 e. The molecule has 0 unspecified atom stereocenters.